The highest BCUT2D eigenvalue weighted by Crippen LogP contribution is 2.43. The summed E-state index contributed by atoms with van der Waals surface area (Å²) >= 11 is 0. The van der Waals surface area contributed by atoms with Crippen molar-refractivity contribution in [2.75, 3.05) is 13.1 Å². The number of rotatable bonds is 3. The number of nitrogens with zero attached hydrogens (tertiary/aromatic N) is 2. The van der Waals surface area contributed by atoms with E-state index in [1.165, 1.54) is 0 Å². The second-order valence-electron chi connectivity index (χ2n) is 9.03. The number of carboxylic acid groups (broad SMARTS) is 1. The molecule has 1 atom stereocenters. The molecule has 3 N–H and O–H groups in total. The number of aliphatic carboxylic acids is 1. The van der Waals surface area contributed by atoms with E-state index in [9.17, 15) is 18.0 Å². The van der Waals surface area contributed by atoms with E-state index >= 15 is 0 Å². The van der Waals surface area contributed by atoms with Gasteiger partial charge in [0, 0.05) is 24.4 Å². The second-order valence-corrected chi connectivity index (χ2v) is 9.03. The maximum absolute atomic E-state index is 12.9. The lowest BCUT2D eigenvalue weighted by molar-refractivity contribution is -0.192. The first kappa shape index (κ1) is 25.5. The van der Waals surface area contributed by atoms with Gasteiger partial charge in [0.25, 0.3) is 0 Å². The molecule has 3 aromatic rings. The second kappa shape index (κ2) is 10.2. The number of imidazole rings is 1. The quantitative estimate of drug-likeness (QED) is 0.504. The molecule has 1 fully saturated rings. The topological polar surface area (TPSA) is 105 Å². The number of carboxylic acids is 1. The van der Waals surface area contributed by atoms with Crippen LogP contribution >= 0.6 is 0 Å². The van der Waals surface area contributed by atoms with Crippen molar-refractivity contribution in [2.45, 2.75) is 50.4 Å². The maximum Gasteiger partial charge on any atom is 0.490 e. The van der Waals surface area contributed by atoms with E-state index in [0.29, 0.717) is 0 Å². The van der Waals surface area contributed by atoms with Gasteiger partial charge in [-0.2, -0.15) is 13.2 Å². The highest BCUT2D eigenvalue weighted by molar-refractivity contribution is 5.79. The zero-order valence-corrected chi connectivity index (χ0v) is 19.6. The van der Waals surface area contributed by atoms with Crippen molar-refractivity contribution in [2.24, 2.45) is 0 Å². The van der Waals surface area contributed by atoms with Crippen LogP contribution in [0, 0.1) is 6.92 Å². The largest absolute Gasteiger partial charge is 0.490 e. The van der Waals surface area contributed by atoms with Crippen LogP contribution in [0.2, 0.25) is 0 Å². The molecule has 0 bridgehead atoms. The Hall–Kier alpha value is -3.60. The van der Waals surface area contributed by atoms with Crippen LogP contribution < -0.4 is 15.4 Å². The minimum atomic E-state index is -5.08. The summed E-state index contributed by atoms with van der Waals surface area (Å²) in [6.07, 6.45) is 1.82. The van der Waals surface area contributed by atoms with Gasteiger partial charge in [-0.1, -0.05) is 24.3 Å². The van der Waals surface area contributed by atoms with Crippen molar-refractivity contribution >= 4 is 17.5 Å². The Morgan fingerprint density at radius 2 is 1.92 bits per heavy atom. The van der Waals surface area contributed by atoms with Gasteiger partial charge < -0.3 is 24.9 Å². The number of hydrogen-bond donors (Lipinski definition) is 3. The minimum absolute atomic E-state index is 0.00292. The molecule has 1 spiro atoms. The molecule has 1 amide bonds. The number of aryl methyl sites for hydroxylation is 1. The van der Waals surface area contributed by atoms with Gasteiger partial charge in [-0.05, 0) is 50.6 Å². The van der Waals surface area contributed by atoms with E-state index < -0.39 is 12.1 Å². The highest BCUT2D eigenvalue weighted by atomic mass is 19.4. The predicted octanol–water partition coefficient (Wildman–Crippen LogP) is 3.58. The molecule has 2 aliphatic rings. The van der Waals surface area contributed by atoms with E-state index in [4.69, 9.17) is 14.6 Å². The average molecular weight is 505 g/mol. The zero-order valence-electron chi connectivity index (χ0n) is 19.6. The number of carbonyl (C=O) groups excluding carboxylic acids is 1. The number of para-hydroxylation sites is 1. The summed E-state index contributed by atoms with van der Waals surface area (Å²) in [5.41, 5.74) is 3.66. The predicted molar refractivity (Wildman–Crippen MR) is 125 cm³/mol. The molecule has 0 radical (unpaired) electrons. The van der Waals surface area contributed by atoms with Crippen LogP contribution in [0.3, 0.4) is 0 Å². The Morgan fingerprint density at radius 1 is 1.22 bits per heavy atom. The van der Waals surface area contributed by atoms with Crippen molar-refractivity contribution in [3.63, 3.8) is 0 Å². The number of amides is 1. The minimum Gasteiger partial charge on any atom is -0.487 e. The third-order valence-corrected chi connectivity index (χ3v) is 6.36. The summed E-state index contributed by atoms with van der Waals surface area (Å²) in [5.74, 6) is -1.86. The van der Waals surface area contributed by atoms with Crippen LogP contribution in [0.5, 0.6) is 5.75 Å². The number of nitrogens with one attached hydrogen (secondary N) is 2. The van der Waals surface area contributed by atoms with Crippen LogP contribution in [-0.4, -0.2) is 51.2 Å². The monoisotopic (exact) mass is 504 g/mol. The van der Waals surface area contributed by atoms with Crippen molar-refractivity contribution in [3.05, 3.63) is 65.6 Å². The SMILES string of the molecule is Cc1cccn2cc(CC(=O)NC3CC4(CCNCC4)Oc4ccccc43)nc12.O=C(O)C(F)(F)F. The fourth-order valence-electron chi connectivity index (χ4n) is 4.64. The molecule has 1 saturated heterocycles. The molecule has 1 aromatic carbocycles. The normalized spacial score (nSPS) is 18.5. The molecule has 192 valence electrons. The van der Waals surface area contributed by atoms with E-state index in [2.05, 4.69) is 21.7 Å². The van der Waals surface area contributed by atoms with E-state index in [1.54, 1.807) is 0 Å². The standard InChI is InChI=1S/C23H26N4O2.C2HF3O2/c1-16-5-4-12-27-15-17(25-22(16)27)13-21(28)26-19-14-23(8-10-24-11-9-23)29-20-7-3-2-6-18(19)20;3-2(4,5)1(6)7/h2-7,12,15,19,24H,8-11,13-14H2,1H3,(H,26,28);(H,6,7). The summed E-state index contributed by atoms with van der Waals surface area (Å²) in [4.78, 5) is 26.4. The number of ether oxygens (including phenoxy) is 1. The van der Waals surface area contributed by atoms with Crippen LogP contribution in [0.25, 0.3) is 5.65 Å². The fraction of sp³-hybridized carbons (Fsp3) is 0.400. The van der Waals surface area contributed by atoms with Crippen molar-refractivity contribution in [1.82, 2.24) is 20.0 Å². The van der Waals surface area contributed by atoms with Gasteiger partial charge in [-0.3, -0.25) is 4.79 Å². The zero-order chi connectivity index (χ0) is 25.9. The number of carbonyl (C=O) groups is 2. The number of benzene rings is 1. The fourth-order valence-corrected chi connectivity index (χ4v) is 4.64. The van der Waals surface area contributed by atoms with Crippen molar-refractivity contribution in [3.8, 4) is 5.75 Å². The smallest absolute Gasteiger partial charge is 0.487 e. The highest BCUT2D eigenvalue weighted by Gasteiger charge is 2.42. The molecular weight excluding hydrogens is 477 g/mol. The number of pyridine rings is 1. The molecule has 5 rings (SSSR count). The van der Waals surface area contributed by atoms with Gasteiger partial charge in [-0.15, -0.1) is 0 Å². The Balaban J connectivity index is 0.000000384. The maximum atomic E-state index is 12.9. The lowest BCUT2D eigenvalue weighted by atomic mass is 9.81. The van der Waals surface area contributed by atoms with Gasteiger partial charge in [0.15, 0.2) is 0 Å². The molecular formula is C25H27F3N4O4. The summed E-state index contributed by atoms with van der Waals surface area (Å²) in [6.45, 7) is 3.93. The van der Waals surface area contributed by atoms with Gasteiger partial charge in [0.1, 0.15) is 17.0 Å². The van der Waals surface area contributed by atoms with Gasteiger partial charge in [0.2, 0.25) is 5.91 Å². The van der Waals surface area contributed by atoms with E-state index in [1.807, 2.05) is 54.0 Å². The summed E-state index contributed by atoms with van der Waals surface area (Å²) in [7, 11) is 0. The lowest BCUT2D eigenvalue weighted by Crippen LogP contribution is -2.51. The Kier molecular flexibility index (Phi) is 7.21. The lowest BCUT2D eigenvalue weighted by Gasteiger charge is -2.44. The van der Waals surface area contributed by atoms with Crippen molar-refractivity contribution in [1.29, 1.82) is 0 Å². The first-order valence-corrected chi connectivity index (χ1v) is 11.6. The van der Waals surface area contributed by atoms with Gasteiger partial charge in [-0.25, -0.2) is 9.78 Å². The van der Waals surface area contributed by atoms with Crippen LogP contribution in [0.1, 0.15) is 42.1 Å². The summed E-state index contributed by atoms with van der Waals surface area (Å²) in [5, 5.41) is 13.8. The molecule has 2 aromatic heterocycles. The summed E-state index contributed by atoms with van der Waals surface area (Å²) < 4.78 is 40.2. The average Bonchev–Trinajstić information content (AvgIpc) is 3.23. The molecule has 2 aliphatic heterocycles. The number of piperidine rings is 1. The summed E-state index contributed by atoms with van der Waals surface area (Å²) in [6, 6.07) is 12.1. The number of alkyl halides is 3. The number of hydrogen-bond acceptors (Lipinski definition) is 5. The Labute approximate surface area is 205 Å². The molecule has 0 saturated carbocycles. The third kappa shape index (κ3) is 5.78. The number of halogens is 3. The van der Waals surface area contributed by atoms with E-state index in [0.717, 1.165) is 60.6 Å². The van der Waals surface area contributed by atoms with Crippen LogP contribution in [0.15, 0.2) is 48.8 Å². The first-order valence-electron chi connectivity index (χ1n) is 11.6. The van der Waals surface area contributed by atoms with Gasteiger partial charge >= 0.3 is 12.1 Å². The molecule has 4 heterocycles. The number of aromatic nitrogens is 2. The Bertz CT molecular complexity index is 1250. The Morgan fingerprint density at radius 3 is 2.58 bits per heavy atom. The first-order chi connectivity index (χ1) is 17.1. The third-order valence-electron chi connectivity index (χ3n) is 6.36. The van der Waals surface area contributed by atoms with Gasteiger partial charge in [0.05, 0.1) is 18.2 Å². The number of fused-ring (bicyclic) bond motifs is 2. The molecule has 8 nitrogen and oxygen atoms in total. The van der Waals surface area contributed by atoms with Crippen LogP contribution in [0.4, 0.5) is 13.2 Å². The van der Waals surface area contributed by atoms with Crippen molar-refractivity contribution < 1.29 is 32.6 Å². The molecule has 36 heavy (non-hydrogen) atoms. The molecule has 0 aliphatic carbocycles. The molecule has 11 heteroatoms. The molecule has 1 unspecified atom stereocenters. The van der Waals surface area contributed by atoms with Crippen LogP contribution in [-0.2, 0) is 16.0 Å². The van der Waals surface area contributed by atoms with E-state index in [-0.39, 0.29) is 24.0 Å².